The third kappa shape index (κ3) is 3.82. The van der Waals surface area contributed by atoms with Crippen molar-refractivity contribution in [2.24, 2.45) is 0 Å². The van der Waals surface area contributed by atoms with Gasteiger partial charge in [0.15, 0.2) is 5.65 Å². The molecule has 4 aromatic rings. The first-order valence-corrected chi connectivity index (χ1v) is 9.93. The molecule has 0 amide bonds. The van der Waals surface area contributed by atoms with Gasteiger partial charge >= 0.3 is 11.7 Å². The zero-order valence-corrected chi connectivity index (χ0v) is 18.0. The number of hydrogen-bond acceptors (Lipinski definition) is 5. The van der Waals surface area contributed by atoms with E-state index in [0.29, 0.717) is 17.8 Å². The second-order valence-corrected chi connectivity index (χ2v) is 7.60. The Morgan fingerprint density at radius 1 is 1.06 bits per heavy atom. The molecule has 2 heterocycles. The average molecular weight is 416 g/mol. The minimum atomic E-state index is -0.408. The van der Waals surface area contributed by atoms with Crippen LogP contribution in [-0.2, 0) is 11.3 Å². The van der Waals surface area contributed by atoms with Gasteiger partial charge in [-0.25, -0.2) is 19.1 Å². The van der Waals surface area contributed by atoms with Crippen molar-refractivity contribution < 1.29 is 9.53 Å². The molecule has 0 aliphatic rings. The number of methoxy groups -OCH3 is 1. The van der Waals surface area contributed by atoms with Crippen molar-refractivity contribution in [2.45, 2.75) is 13.5 Å². The first kappa shape index (κ1) is 20.4. The van der Waals surface area contributed by atoms with E-state index in [1.807, 2.05) is 68.4 Å². The number of ether oxygens (including phenoxy) is 1. The van der Waals surface area contributed by atoms with Gasteiger partial charge in [0.25, 0.3) is 0 Å². The fourth-order valence-electron chi connectivity index (χ4n) is 3.61. The normalized spacial score (nSPS) is 11.0. The second-order valence-electron chi connectivity index (χ2n) is 7.60. The van der Waals surface area contributed by atoms with Crippen LogP contribution in [0.2, 0.25) is 0 Å². The number of pyridine rings is 1. The summed E-state index contributed by atoms with van der Waals surface area (Å²) in [5, 5.41) is 0. The third-order valence-electron chi connectivity index (χ3n) is 5.23. The van der Waals surface area contributed by atoms with E-state index in [-0.39, 0.29) is 5.69 Å². The number of aromatic nitrogens is 3. The highest BCUT2D eigenvalue weighted by Crippen LogP contribution is 2.20. The Hall–Kier alpha value is -3.87. The van der Waals surface area contributed by atoms with E-state index >= 15 is 0 Å². The van der Waals surface area contributed by atoms with E-state index in [4.69, 9.17) is 4.74 Å². The molecule has 0 bridgehead atoms. The van der Waals surface area contributed by atoms with Crippen molar-refractivity contribution >= 4 is 22.8 Å². The van der Waals surface area contributed by atoms with Crippen molar-refractivity contribution in [3.63, 3.8) is 0 Å². The number of imidazole rings is 1. The van der Waals surface area contributed by atoms with Crippen LogP contribution in [0.15, 0.2) is 65.5 Å². The highest BCUT2D eigenvalue weighted by Gasteiger charge is 2.17. The number of benzene rings is 2. The van der Waals surface area contributed by atoms with Gasteiger partial charge in [-0.3, -0.25) is 4.57 Å². The molecular formula is C24H24N4O3. The summed E-state index contributed by atoms with van der Waals surface area (Å²) in [4.78, 5) is 32.0. The summed E-state index contributed by atoms with van der Waals surface area (Å²) in [5.41, 5.74) is 5.05. The van der Waals surface area contributed by atoms with Crippen LogP contribution in [0.25, 0.3) is 16.9 Å². The zero-order valence-electron chi connectivity index (χ0n) is 18.0. The topological polar surface area (TPSA) is 69.4 Å². The molecular weight excluding hydrogens is 392 g/mol. The van der Waals surface area contributed by atoms with Crippen LogP contribution in [-0.4, -0.2) is 41.3 Å². The lowest BCUT2D eigenvalue weighted by Gasteiger charge is -2.12. The molecule has 2 aromatic heterocycles. The minimum Gasteiger partial charge on any atom is -0.465 e. The van der Waals surface area contributed by atoms with Gasteiger partial charge in [0.05, 0.1) is 30.4 Å². The molecule has 7 heteroatoms. The van der Waals surface area contributed by atoms with Crippen molar-refractivity contribution in [1.29, 1.82) is 0 Å². The lowest BCUT2D eigenvalue weighted by molar-refractivity contribution is 0.0600. The smallest absolute Gasteiger partial charge is 0.337 e. The fraction of sp³-hybridized carbons (Fsp3) is 0.208. The maximum Gasteiger partial charge on any atom is 0.337 e. The van der Waals surface area contributed by atoms with Gasteiger partial charge in [0.1, 0.15) is 0 Å². The Balaban J connectivity index is 1.85. The average Bonchev–Trinajstić information content (AvgIpc) is 3.04. The third-order valence-corrected chi connectivity index (χ3v) is 5.23. The number of aryl methyl sites for hydroxylation is 1. The number of esters is 1. The van der Waals surface area contributed by atoms with Crippen molar-refractivity contribution in [3.05, 3.63) is 88.0 Å². The van der Waals surface area contributed by atoms with E-state index < -0.39 is 5.97 Å². The van der Waals surface area contributed by atoms with Gasteiger partial charge in [0, 0.05) is 25.5 Å². The van der Waals surface area contributed by atoms with Crippen molar-refractivity contribution in [1.82, 2.24) is 14.1 Å². The van der Waals surface area contributed by atoms with Crippen LogP contribution < -0.4 is 10.6 Å². The van der Waals surface area contributed by atoms with Gasteiger partial charge in [0.2, 0.25) is 0 Å². The van der Waals surface area contributed by atoms with E-state index in [1.54, 1.807) is 27.3 Å². The van der Waals surface area contributed by atoms with Crippen molar-refractivity contribution in [2.75, 3.05) is 26.1 Å². The number of nitrogens with zero attached hydrogens (tertiary/aromatic N) is 4. The maximum atomic E-state index is 13.5. The number of fused-ring (bicyclic) bond motifs is 1. The lowest BCUT2D eigenvalue weighted by atomic mass is 10.1. The van der Waals surface area contributed by atoms with Gasteiger partial charge in [-0.2, -0.15) is 0 Å². The molecule has 0 N–H and O–H groups in total. The Labute approximate surface area is 180 Å². The van der Waals surface area contributed by atoms with Gasteiger partial charge < -0.3 is 9.64 Å². The number of hydrogen-bond donors (Lipinski definition) is 0. The van der Waals surface area contributed by atoms with Crippen molar-refractivity contribution in [3.8, 4) is 5.69 Å². The largest absolute Gasteiger partial charge is 0.465 e. The predicted octanol–water partition coefficient (Wildman–Crippen LogP) is 3.40. The van der Waals surface area contributed by atoms with Crippen LogP contribution >= 0.6 is 0 Å². The molecule has 0 aliphatic heterocycles. The van der Waals surface area contributed by atoms with E-state index in [1.165, 1.54) is 7.11 Å². The summed E-state index contributed by atoms with van der Waals surface area (Å²) >= 11 is 0. The van der Waals surface area contributed by atoms with Gasteiger partial charge in [-0.1, -0.05) is 12.1 Å². The predicted molar refractivity (Wildman–Crippen MR) is 121 cm³/mol. The number of carbonyl (C=O) groups is 1. The second kappa shape index (κ2) is 8.10. The summed E-state index contributed by atoms with van der Waals surface area (Å²) in [7, 11) is 5.30. The molecule has 0 radical (unpaired) electrons. The standard InChI is InChI=1S/C24H24N4O3/c1-16-8-13-21-22(25-16)28(20-11-9-19(10-12-20)26(2)3)24(30)27(21)15-17-6-5-7-18(14-17)23(29)31-4/h5-14H,15H2,1-4H3. The summed E-state index contributed by atoms with van der Waals surface area (Å²) in [6.45, 7) is 2.22. The Morgan fingerprint density at radius 2 is 1.81 bits per heavy atom. The van der Waals surface area contributed by atoms with Gasteiger partial charge in [-0.15, -0.1) is 0 Å². The molecule has 31 heavy (non-hydrogen) atoms. The van der Waals surface area contributed by atoms with Gasteiger partial charge in [-0.05, 0) is 61.0 Å². The molecule has 0 saturated heterocycles. The molecule has 7 nitrogen and oxygen atoms in total. The molecule has 2 aromatic carbocycles. The van der Waals surface area contributed by atoms with Crippen LogP contribution in [0.5, 0.6) is 0 Å². The lowest BCUT2D eigenvalue weighted by Crippen LogP contribution is -2.24. The Morgan fingerprint density at radius 3 is 2.48 bits per heavy atom. The van der Waals surface area contributed by atoms with Crippen LogP contribution in [0.4, 0.5) is 5.69 Å². The molecule has 0 fully saturated rings. The molecule has 0 atom stereocenters. The summed E-state index contributed by atoms with van der Waals surface area (Å²) in [6, 6.07) is 18.7. The highest BCUT2D eigenvalue weighted by atomic mass is 16.5. The van der Waals surface area contributed by atoms with E-state index in [0.717, 1.165) is 28.1 Å². The van der Waals surface area contributed by atoms with Crippen LogP contribution in [0, 0.1) is 6.92 Å². The maximum absolute atomic E-state index is 13.5. The highest BCUT2D eigenvalue weighted by molar-refractivity contribution is 5.89. The summed E-state index contributed by atoms with van der Waals surface area (Å²) in [5.74, 6) is -0.408. The monoisotopic (exact) mass is 416 g/mol. The summed E-state index contributed by atoms with van der Waals surface area (Å²) < 4.78 is 8.12. The zero-order chi connectivity index (χ0) is 22.1. The summed E-state index contributed by atoms with van der Waals surface area (Å²) in [6.07, 6.45) is 0. The van der Waals surface area contributed by atoms with Crippen LogP contribution in [0.3, 0.4) is 0 Å². The molecule has 0 aliphatic carbocycles. The number of rotatable bonds is 5. The van der Waals surface area contributed by atoms with E-state index in [9.17, 15) is 9.59 Å². The first-order chi connectivity index (χ1) is 14.9. The van der Waals surface area contributed by atoms with E-state index in [2.05, 4.69) is 4.98 Å². The SMILES string of the molecule is COC(=O)c1cccc(Cn2c(=O)n(-c3ccc(N(C)C)cc3)c3nc(C)ccc32)c1. The van der Waals surface area contributed by atoms with Crippen LogP contribution in [0.1, 0.15) is 21.6 Å². The molecule has 0 unspecified atom stereocenters. The Bertz CT molecular complexity index is 1320. The molecule has 4 rings (SSSR count). The fourth-order valence-corrected chi connectivity index (χ4v) is 3.61. The number of carbonyl (C=O) groups excluding carboxylic acids is 1. The minimum absolute atomic E-state index is 0.186. The molecule has 158 valence electrons. The molecule has 0 spiro atoms. The first-order valence-electron chi connectivity index (χ1n) is 9.93. The Kier molecular flexibility index (Phi) is 5.33. The molecule has 0 saturated carbocycles. The quantitative estimate of drug-likeness (QED) is 0.467. The number of anilines is 1.